The number of nitrogens with one attached hydrogen (secondary N) is 1. The van der Waals surface area contributed by atoms with Gasteiger partial charge in [0.1, 0.15) is 10.6 Å². The lowest BCUT2D eigenvalue weighted by Crippen LogP contribution is -2.42. The maximum atomic E-state index is 12.5. The molecule has 1 saturated heterocycles. The molecule has 2 aromatic rings. The van der Waals surface area contributed by atoms with Crippen LogP contribution >= 0.6 is 11.3 Å². The van der Waals surface area contributed by atoms with E-state index in [1.54, 1.807) is 6.92 Å². The third kappa shape index (κ3) is 4.94. The number of benzene rings is 1. The number of nitrogens with zero attached hydrogens (tertiary/aromatic N) is 1. The van der Waals surface area contributed by atoms with Crippen molar-refractivity contribution < 1.29 is 19.4 Å². The van der Waals surface area contributed by atoms with E-state index >= 15 is 0 Å². The molecule has 6 nitrogen and oxygen atoms in total. The van der Waals surface area contributed by atoms with Crippen molar-refractivity contribution in [2.24, 2.45) is 0 Å². The Morgan fingerprint density at radius 2 is 2.11 bits per heavy atom. The summed E-state index contributed by atoms with van der Waals surface area (Å²) in [5.41, 5.74) is 2.04. The molecule has 1 aliphatic rings. The van der Waals surface area contributed by atoms with E-state index in [0.29, 0.717) is 17.1 Å². The first-order chi connectivity index (χ1) is 13.1. The Balaban J connectivity index is 1.79. The van der Waals surface area contributed by atoms with E-state index in [1.807, 2.05) is 40.6 Å². The van der Waals surface area contributed by atoms with Gasteiger partial charge in [0.05, 0.1) is 19.3 Å². The molecule has 27 heavy (non-hydrogen) atoms. The van der Waals surface area contributed by atoms with Crippen LogP contribution in [0.3, 0.4) is 0 Å². The van der Waals surface area contributed by atoms with Crippen molar-refractivity contribution in [1.29, 1.82) is 0 Å². The average molecular weight is 388 g/mol. The van der Waals surface area contributed by atoms with Crippen LogP contribution < -0.4 is 5.32 Å². The normalized spacial score (nSPS) is 17.5. The molecule has 1 unspecified atom stereocenters. The summed E-state index contributed by atoms with van der Waals surface area (Å²) >= 11 is 1.32. The monoisotopic (exact) mass is 388 g/mol. The molecule has 1 amide bonds. The highest BCUT2D eigenvalue weighted by Gasteiger charge is 2.24. The number of hydrogen-bond acceptors (Lipinski definition) is 6. The number of ether oxygens (including phenoxy) is 1. The molecule has 0 spiro atoms. The fraction of sp³-hybridized carbons (Fsp3) is 0.400. The van der Waals surface area contributed by atoms with Gasteiger partial charge in [-0.05, 0) is 31.9 Å². The largest absolute Gasteiger partial charge is 0.462 e. The van der Waals surface area contributed by atoms with Gasteiger partial charge in [-0.25, -0.2) is 4.79 Å². The minimum absolute atomic E-state index is 0.192. The van der Waals surface area contributed by atoms with Crippen molar-refractivity contribution in [1.82, 2.24) is 4.90 Å². The van der Waals surface area contributed by atoms with Crippen LogP contribution in [0.2, 0.25) is 0 Å². The predicted molar refractivity (Wildman–Crippen MR) is 106 cm³/mol. The lowest BCUT2D eigenvalue weighted by molar-refractivity contribution is -0.117. The summed E-state index contributed by atoms with van der Waals surface area (Å²) in [6.07, 6.45) is 1.27. The number of piperidine rings is 1. The Morgan fingerprint density at radius 3 is 2.81 bits per heavy atom. The van der Waals surface area contributed by atoms with Gasteiger partial charge in [-0.15, -0.1) is 11.3 Å². The van der Waals surface area contributed by atoms with E-state index in [1.165, 1.54) is 11.3 Å². The molecular weight excluding hydrogens is 364 g/mol. The molecule has 0 saturated carbocycles. The van der Waals surface area contributed by atoms with E-state index in [9.17, 15) is 14.7 Å². The first-order valence-corrected chi connectivity index (χ1v) is 10.0. The molecule has 1 aromatic carbocycles. The molecule has 7 heteroatoms. The maximum absolute atomic E-state index is 12.5. The van der Waals surface area contributed by atoms with Crippen LogP contribution in [0.1, 0.15) is 30.1 Å². The zero-order valence-electron chi connectivity index (χ0n) is 15.3. The van der Waals surface area contributed by atoms with E-state index in [2.05, 4.69) is 5.32 Å². The molecule has 0 bridgehead atoms. The molecule has 2 N–H and O–H groups in total. The minimum atomic E-state index is -0.443. The summed E-state index contributed by atoms with van der Waals surface area (Å²) < 4.78 is 5.21. The molecule has 0 aliphatic carbocycles. The Labute approximate surface area is 162 Å². The first kappa shape index (κ1) is 19.5. The van der Waals surface area contributed by atoms with Gasteiger partial charge in [-0.2, -0.15) is 0 Å². The fourth-order valence-electron chi connectivity index (χ4n) is 3.23. The number of esters is 1. The van der Waals surface area contributed by atoms with Gasteiger partial charge in [0, 0.05) is 17.5 Å². The van der Waals surface area contributed by atoms with Crippen molar-refractivity contribution in [2.45, 2.75) is 25.9 Å². The minimum Gasteiger partial charge on any atom is -0.462 e. The highest BCUT2D eigenvalue weighted by atomic mass is 32.1. The van der Waals surface area contributed by atoms with Crippen LogP contribution in [-0.4, -0.2) is 54.2 Å². The van der Waals surface area contributed by atoms with Crippen LogP contribution in [-0.2, 0) is 9.53 Å². The topological polar surface area (TPSA) is 78.9 Å². The highest BCUT2D eigenvalue weighted by Crippen LogP contribution is 2.36. The van der Waals surface area contributed by atoms with Crippen LogP contribution in [0.4, 0.5) is 5.00 Å². The molecule has 2 heterocycles. The summed E-state index contributed by atoms with van der Waals surface area (Å²) in [4.78, 5) is 26.9. The second-order valence-corrected chi connectivity index (χ2v) is 7.40. The van der Waals surface area contributed by atoms with Crippen molar-refractivity contribution in [2.75, 3.05) is 31.6 Å². The SMILES string of the molecule is CCOC(=O)c1c(-c2ccccc2)csc1NC(=O)CN1CCCC(O)C1. The van der Waals surface area contributed by atoms with Crippen LogP contribution in [0.25, 0.3) is 11.1 Å². The van der Waals surface area contributed by atoms with Gasteiger partial charge in [0.2, 0.25) is 5.91 Å². The van der Waals surface area contributed by atoms with Gasteiger partial charge in [-0.1, -0.05) is 30.3 Å². The lowest BCUT2D eigenvalue weighted by Gasteiger charge is -2.29. The number of hydrogen-bond donors (Lipinski definition) is 2. The maximum Gasteiger partial charge on any atom is 0.341 e. The zero-order chi connectivity index (χ0) is 19.2. The van der Waals surface area contributed by atoms with Crippen LogP contribution in [0, 0.1) is 0 Å². The number of carbonyl (C=O) groups excluding carboxylic acids is 2. The zero-order valence-corrected chi connectivity index (χ0v) is 16.1. The van der Waals surface area contributed by atoms with Gasteiger partial charge < -0.3 is 15.2 Å². The van der Waals surface area contributed by atoms with Crippen molar-refractivity contribution in [3.8, 4) is 11.1 Å². The smallest absolute Gasteiger partial charge is 0.341 e. The second-order valence-electron chi connectivity index (χ2n) is 6.52. The molecule has 0 radical (unpaired) electrons. The van der Waals surface area contributed by atoms with Crippen LogP contribution in [0.15, 0.2) is 35.7 Å². The molecule has 1 fully saturated rings. The van der Waals surface area contributed by atoms with Crippen molar-refractivity contribution in [3.05, 3.63) is 41.3 Å². The number of anilines is 1. The van der Waals surface area contributed by atoms with Crippen molar-refractivity contribution >= 4 is 28.2 Å². The number of amides is 1. The van der Waals surface area contributed by atoms with Gasteiger partial charge >= 0.3 is 5.97 Å². The Kier molecular flexibility index (Phi) is 6.60. The average Bonchev–Trinajstić information content (AvgIpc) is 3.06. The summed E-state index contributed by atoms with van der Waals surface area (Å²) in [5.74, 6) is -0.641. The van der Waals surface area contributed by atoms with Gasteiger partial charge in [0.15, 0.2) is 0 Å². The highest BCUT2D eigenvalue weighted by molar-refractivity contribution is 7.15. The third-order valence-electron chi connectivity index (χ3n) is 4.46. The number of rotatable bonds is 6. The van der Waals surface area contributed by atoms with E-state index in [-0.39, 0.29) is 25.2 Å². The summed E-state index contributed by atoms with van der Waals surface area (Å²) in [5, 5.41) is 15.0. The quantitative estimate of drug-likeness (QED) is 0.744. The Bertz CT molecular complexity index is 791. The Morgan fingerprint density at radius 1 is 1.33 bits per heavy atom. The van der Waals surface area contributed by atoms with Crippen LogP contribution in [0.5, 0.6) is 0 Å². The Hall–Kier alpha value is -2.22. The number of likely N-dealkylation sites (tertiary alicyclic amines) is 1. The lowest BCUT2D eigenvalue weighted by atomic mass is 10.0. The summed E-state index contributed by atoms with van der Waals surface area (Å²) in [6, 6.07) is 9.57. The molecule has 1 aromatic heterocycles. The van der Waals surface area contributed by atoms with Gasteiger partial charge in [-0.3, -0.25) is 9.69 Å². The number of thiophene rings is 1. The number of carbonyl (C=O) groups is 2. The van der Waals surface area contributed by atoms with E-state index < -0.39 is 5.97 Å². The number of aliphatic hydroxyl groups is 1. The molecule has 1 aliphatic heterocycles. The first-order valence-electron chi connectivity index (χ1n) is 9.12. The van der Waals surface area contributed by atoms with Crippen molar-refractivity contribution in [3.63, 3.8) is 0 Å². The number of β-amino-alcohol motifs (C(OH)–C–C–N with tert-alkyl or cyclic N) is 1. The third-order valence-corrected chi connectivity index (χ3v) is 5.35. The van der Waals surface area contributed by atoms with Gasteiger partial charge in [0.25, 0.3) is 0 Å². The second kappa shape index (κ2) is 9.12. The summed E-state index contributed by atoms with van der Waals surface area (Å²) in [6.45, 7) is 3.50. The predicted octanol–water partition coefficient (Wildman–Crippen LogP) is 2.99. The molecule has 3 rings (SSSR count). The molecule has 144 valence electrons. The standard InChI is InChI=1S/C20H24N2O4S/c1-2-26-20(25)18-16(14-7-4-3-5-8-14)13-27-19(18)21-17(24)12-22-10-6-9-15(23)11-22/h3-5,7-8,13,15,23H,2,6,9-12H2,1H3,(H,21,24). The number of aliphatic hydroxyl groups excluding tert-OH is 1. The molecule has 1 atom stereocenters. The van der Waals surface area contributed by atoms with E-state index in [0.717, 1.165) is 30.5 Å². The fourth-order valence-corrected chi connectivity index (χ4v) is 4.20. The van der Waals surface area contributed by atoms with E-state index in [4.69, 9.17) is 4.74 Å². The summed E-state index contributed by atoms with van der Waals surface area (Å²) in [7, 11) is 0. The molecular formula is C20H24N2O4S.